The molecule has 0 spiro atoms. The minimum Gasteiger partial charge on any atom is -0.491 e. The number of aliphatic hydroxyl groups excluding tert-OH is 1. The summed E-state index contributed by atoms with van der Waals surface area (Å²) in [7, 11) is 0. The van der Waals surface area contributed by atoms with E-state index in [0.29, 0.717) is 6.54 Å². The first-order valence-corrected chi connectivity index (χ1v) is 6.82. The third kappa shape index (κ3) is 4.28. The summed E-state index contributed by atoms with van der Waals surface area (Å²) in [5.41, 5.74) is 3.30. The molecule has 2 rings (SSSR count). The molecule has 3 heteroatoms. The Hall–Kier alpha value is -2.00. The first kappa shape index (κ1) is 14.4. The van der Waals surface area contributed by atoms with E-state index >= 15 is 0 Å². The van der Waals surface area contributed by atoms with Gasteiger partial charge in [0.25, 0.3) is 0 Å². The molecule has 0 fully saturated rings. The molecule has 0 aliphatic heterocycles. The van der Waals surface area contributed by atoms with Crippen LogP contribution < -0.4 is 10.1 Å². The average Bonchev–Trinajstić information content (AvgIpc) is 2.45. The summed E-state index contributed by atoms with van der Waals surface area (Å²) in [6.07, 6.45) is -0.545. The van der Waals surface area contributed by atoms with Crippen molar-refractivity contribution in [1.29, 1.82) is 0 Å². The Balaban J connectivity index is 1.79. The van der Waals surface area contributed by atoms with Crippen molar-refractivity contribution < 1.29 is 9.84 Å². The molecule has 106 valence electrons. The van der Waals surface area contributed by atoms with Crippen LogP contribution in [-0.2, 0) is 0 Å². The minimum absolute atomic E-state index is 0.281. The highest BCUT2D eigenvalue weighted by Crippen LogP contribution is 2.18. The molecule has 2 aromatic rings. The van der Waals surface area contributed by atoms with Crippen LogP contribution >= 0.6 is 0 Å². The number of hydrogen-bond acceptors (Lipinski definition) is 3. The van der Waals surface area contributed by atoms with Gasteiger partial charge in [-0.15, -0.1) is 0 Å². The lowest BCUT2D eigenvalue weighted by Crippen LogP contribution is -2.26. The molecule has 2 aromatic carbocycles. The Kier molecular flexibility index (Phi) is 5.02. The second-order valence-corrected chi connectivity index (χ2v) is 4.98. The van der Waals surface area contributed by atoms with Crippen molar-refractivity contribution in [2.45, 2.75) is 20.0 Å². The number of benzene rings is 2. The lowest BCUT2D eigenvalue weighted by molar-refractivity contribution is 0.117. The lowest BCUT2D eigenvalue weighted by Gasteiger charge is -2.15. The predicted molar refractivity (Wildman–Crippen MR) is 82.3 cm³/mol. The van der Waals surface area contributed by atoms with E-state index in [2.05, 4.69) is 18.3 Å². The van der Waals surface area contributed by atoms with E-state index in [1.165, 1.54) is 5.56 Å². The van der Waals surface area contributed by atoms with Gasteiger partial charge in [-0.2, -0.15) is 0 Å². The topological polar surface area (TPSA) is 41.5 Å². The standard InChI is InChI=1S/C17H21NO2/c1-13-8-9-17(14(2)10-13)20-12-16(19)11-18-15-6-4-3-5-7-15/h3-10,16,18-19H,11-12H2,1-2H3. The largest absolute Gasteiger partial charge is 0.491 e. The molecule has 0 amide bonds. The third-order valence-electron chi connectivity index (χ3n) is 3.08. The number of ether oxygens (including phenoxy) is 1. The van der Waals surface area contributed by atoms with Crippen molar-refractivity contribution >= 4 is 5.69 Å². The van der Waals surface area contributed by atoms with Crippen molar-refractivity contribution in [3.8, 4) is 5.75 Å². The molecule has 0 saturated carbocycles. The summed E-state index contributed by atoms with van der Waals surface area (Å²) in [6, 6.07) is 15.9. The normalized spacial score (nSPS) is 11.9. The number of aryl methyl sites for hydroxylation is 2. The van der Waals surface area contributed by atoms with Crippen molar-refractivity contribution in [2.75, 3.05) is 18.5 Å². The van der Waals surface area contributed by atoms with Gasteiger partial charge in [-0.25, -0.2) is 0 Å². The summed E-state index contributed by atoms with van der Waals surface area (Å²) in [5.74, 6) is 0.828. The minimum atomic E-state index is -0.545. The van der Waals surface area contributed by atoms with E-state index in [0.717, 1.165) is 17.0 Å². The fraction of sp³-hybridized carbons (Fsp3) is 0.294. The van der Waals surface area contributed by atoms with E-state index in [4.69, 9.17) is 4.74 Å². The van der Waals surface area contributed by atoms with Gasteiger partial charge < -0.3 is 15.2 Å². The number of hydrogen-bond donors (Lipinski definition) is 2. The molecule has 1 unspecified atom stereocenters. The van der Waals surface area contributed by atoms with Gasteiger partial charge >= 0.3 is 0 Å². The molecule has 0 saturated heterocycles. The Morgan fingerprint density at radius 1 is 1.10 bits per heavy atom. The maximum Gasteiger partial charge on any atom is 0.122 e. The monoisotopic (exact) mass is 271 g/mol. The molecular formula is C17H21NO2. The molecule has 0 aliphatic carbocycles. The van der Waals surface area contributed by atoms with E-state index in [1.54, 1.807) is 0 Å². The highest BCUT2D eigenvalue weighted by molar-refractivity contribution is 5.42. The highest BCUT2D eigenvalue weighted by Gasteiger charge is 2.06. The van der Waals surface area contributed by atoms with Gasteiger partial charge in [0.1, 0.15) is 18.5 Å². The fourth-order valence-electron chi connectivity index (χ4n) is 2.00. The SMILES string of the molecule is Cc1ccc(OCC(O)CNc2ccccc2)c(C)c1. The molecule has 20 heavy (non-hydrogen) atoms. The zero-order chi connectivity index (χ0) is 14.4. The summed E-state index contributed by atoms with van der Waals surface area (Å²) >= 11 is 0. The van der Waals surface area contributed by atoms with Crippen LogP contribution in [0.15, 0.2) is 48.5 Å². The van der Waals surface area contributed by atoms with E-state index in [1.807, 2.05) is 49.4 Å². The van der Waals surface area contributed by atoms with Crippen LogP contribution in [0, 0.1) is 13.8 Å². The maximum absolute atomic E-state index is 9.93. The van der Waals surface area contributed by atoms with Crippen LogP contribution in [0.4, 0.5) is 5.69 Å². The Bertz CT molecular complexity index is 540. The van der Waals surface area contributed by atoms with Gasteiger partial charge in [0.15, 0.2) is 0 Å². The molecule has 0 bridgehead atoms. The number of rotatable bonds is 6. The highest BCUT2D eigenvalue weighted by atomic mass is 16.5. The van der Waals surface area contributed by atoms with Gasteiger partial charge in [0, 0.05) is 12.2 Å². The first-order valence-electron chi connectivity index (χ1n) is 6.82. The van der Waals surface area contributed by atoms with Gasteiger partial charge in [0.05, 0.1) is 0 Å². The van der Waals surface area contributed by atoms with Crippen LogP contribution in [0.5, 0.6) is 5.75 Å². The number of para-hydroxylation sites is 1. The predicted octanol–water partition coefficient (Wildman–Crippen LogP) is 3.16. The van der Waals surface area contributed by atoms with Gasteiger partial charge in [-0.3, -0.25) is 0 Å². The molecule has 3 nitrogen and oxygen atoms in total. The third-order valence-corrected chi connectivity index (χ3v) is 3.08. The maximum atomic E-state index is 9.93. The van der Waals surface area contributed by atoms with Gasteiger partial charge in [-0.1, -0.05) is 35.9 Å². The number of nitrogens with one attached hydrogen (secondary N) is 1. The fourth-order valence-corrected chi connectivity index (χ4v) is 2.00. The van der Waals surface area contributed by atoms with Crippen LogP contribution in [0.1, 0.15) is 11.1 Å². The molecule has 1 atom stereocenters. The van der Waals surface area contributed by atoms with Crippen LogP contribution in [0.25, 0.3) is 0 Å². The summed E-state index contributed by atoms with van der Waals surface area (Å²) < 4.78 is 5.65. The van der Waals surface area contributed by atoms with Crippen LogP contribution in [-0.4, -0.2) is 24.4 Å². The van der Waals surface area contributed by atoms with Crippen molar-refractivity contribution in [3.05, 3.63) is 59.7 Å². The quantitative estimate of drug-likeness (QED) is 0.848. The Morgan fingerprint density at radius 3 is 2.55 bits per heavy atom. The van der Waals surface area contributed by atoms with Gasteiger partial charge in [0.2, 0.25) is 0 Å². The smallest absolute Gasteiger partial charge is 0.122 e. The second kappa shape index (κ2) is 6.96. The number of anilines is 1. The average molecular weight is 271 g/mol. The Morgan fingerprint density at radius 2 is 1.85 bits per heavy atom. The first-order chi connectivity index (χ1) is 9.65. The van der Waals surface area contributed by atoms with Gasteiger partial charge in [-0.05, 0) is 37.6 Å². The summed E-state index contributed by atoms with van der Waals surface area (Å²) in [6.45, 7) is 4.81. The molecule has 0 aromatic heterocycles. The van der Waals surface area contributed by atoms with E-state index < -0.39 is 6.10 Å². The van der Waals surface area contributed by atoms with Crippen molar-refractivity contribution in [2.24, 2.45) is 0 Å². The van der Waals surface area contributed by atoms with E-state index in [9.17, 15) is 5.11 Å². The Labute approximate surface area is 120 Å². The number of aliphatic hydroxyl groups is 1. The van der Waals surface area contributed by atoms with E-state index in [-0.39, 0.29) is 6.61 Å². The zero-order valence-electron chi connectivity index (χ0n) is 12.0. The lowest BCUT2D eigenvalue weighted by atomic mass is 10.1. The molecule has 0 aliphatic rings. The van der Waals surface area contributed by atoms with Crippen molar-refractivity contribution in [1.82, 2.24) is 0 Å². The summed E-state index contributed by atoms with van der Waals surface area (Å²) in [5, 5.41) is 13.1. The van der Waals surface area contributed by atoms with Crippen LogP contribution in [0.3, 0.4) is 0 Å². The van der Waals surface area contributed by atoms with Crippen molar-refractivity contribution in [3.63, 3.8) is 0 Å². The molecular weight excluding hydrogens is 250 g/mol. The molecule has 0 radical (unpaired) electrons. The van der Waals surface area contributed by atoms with Crippen LogP contribution in [0.2, 0.25) is 0 Å². The second-order valence-electron chi connectivity index (χ2n) is 4.98. The summed E-state index contributed by atoms with van der Waals surface area (Å²) in [4.78, 5) is 0. The zero-order valence-corrected chi connectivity index (χ0v) is 12.0. The molecule has 0 heterocycles. The molecule has 2 N–H and O–H groups in total.